The second-order valence-corrected chi connectivity index (χ2v) is 12.6. The average molecular weight is 736 g/mol. The molecule has 4 aromatic carbocycles. The van der Waals surface area contributed by atoms with Crippen molar-refractivity contribution in [3.05, 3.63) is 108 Å². The molecule has 214 valence electrons. The van der Waals surface area contributed by atoms with Crippen LogP contribution in [0.5, 0.6) is 11.5 Å². The van der Waals surface area contributed by atoms with Gasteiger partial charge in [-0.3, -0.25) is 4.79 Å². The molecule has 0 saturated heterocycles. The highest BCUT2D eigenvalue weighted by molar-refractivity contribution is 14.1. The highest BCUT2D eigenvalue weighted by Crippen LogP contribution is 2.36. The summed E-state index contributed by atoms with van der Waals surface area (Å²) in [5, 5.41) is 7.63. The molecule has 0 aliphatic heterocycles. The summed E-state index contributed by atoms with van der Waals surface area (Å²) in [5.41, 5.74) is 2.47. The van der Waals surface area contributed by atoms with Crippen LogP contribution in [0.4, 0.5) is 0 Å². The van der Waals surface area contributed by atoms with Crippen molar-refractivity contribution < 1.29 is 9.47 Å². The van der Waals surface area contributed by atoms with Gasteiger partial charge in [-0.15, -0.1) is 0 Å². The van der Waals surface area contributed by atoms with E-state index in [2.05, 4.69) is 68.9 Å². The van der Waals surface area contributed by atoms with E-state index in [9.17, 15) is 4.79 Å². The minimum absolute atomic E-state index is 0.159. The summed E-state index contributed by atoms with van der Waals surface area (Å²) >= 11 is 5.78. The van der Waals surface area contributed by atoms with Crippen LogP contribution in [0.3, 0.4) is 0 Å². The lowest BCUT2D eigenvalue weighted by molar-refractivity contribution is 0.268. The Kier molecular flexibility index (Phi) is 8.90. The predicted octanol–water partition coefficient (Wildman–Crippen LogP) is 8.82. The van der Waals surface area contributed by atoms with E-state index >= 15 is 0 Å². The van der Waals surface area contributed by atoms with Gasteiger partial charge in [0.25, 0.3) is 5.56 Å². The Balaban J connectivity index is 1.35. The number of nitrogens with zero attached hydrogens (tertiary/aromatic N) is 3. The van der Waals surface area contributed by atoms with E-state index in [1.54, 1.807) is 6.21 Å². The monoisotopic (exact) mass is 735 g/mol. The van der Waals surface area contributed by atoms with Crippen LogP contribution in [0.15, 0.2) is 87.2 Å². The van der Waals surface area contributed by atoms with Crippen LogP contribution in [0.1, 0.15) is 61.9 Å². The van der Waals surface area contributed by atoms with E-state index in [0.717, 1.165) is 50.7 Å². The Labute approximate surface area is 267 Å². The molecule has 1 aliphatic rings. The van der Waals surface area contributed by atoms with Gasteiger partial charge in [0, 0.05) is 10.4 Å². The van der Waals surface area contributed by atoms with Crippen LogP contribution in [-0.2, 0) is 6.61 Å². The third-order valence-electron chi connectivity index (χ3n) is 7.71. The molecule has 42 heavy (non-hydrogen) atoms. The van der Waals surface area contributed by atoms with Crippen LogP contribution >= 0.6 is 38.5 Å². The molecule has 0 spiro atoms. The van der Waals surface area contributed by atoms with Crippen LogP contribution in [0.2, 0.25) is 0 Å². The molecular weight excluding hydrogens is 705 g/mol. The Hall–Kier alpha value is -3.24. The molecule has 0 unspecified atom stereocenters. The largest absolute Gasteiger partial charge is 0.490 e. The lowest BCUT2D eigenvalue weighted by Gasteiger charge is -2.22. The van der Waals surface area contributed by atoms with E-state index in [1.165, 1.54) is 21.9 Å². The Bertz CT molecular complexity index is 1840. The number of hydrogen-bond donors (Lipinski definition) is 0. The molecule has 5 aromatic rings. The molecule has 0 atom stereocenters. The highest BCUT2D eigenvalue weighted by atomic mass is 127. The molecule has 1 aliphatic carbocycles. The fraction of sp³-hybridized carbons (Fsp3) is 0.265. The van der Waals surface area contributed by atoms with Crippen molar-refractivity contribution in [3.63, 3.8) is 0 Å². The van der Waals surface area contributed by atoms with Gasteiger partial charge < -0.3 is 9.47 Å². The lowest BCUT2D eigenvalue weighted by atomic mass is 9.88. The van der Waals surface area contributed by atoms with E-state index < -0.39 is 0 Å². The number of aromatic nitrogens is 2. The van der Waals surface area contributed by atoms with Gasteiger partial charge in [0.2, 0.25) is 0 Å². The summed E-state index contributed by atoms with van der Waals surface area (Å²) < 4.78 is 15.6. The zero-order valence-electron chi connectivity index (χ0n) is 23.4. The molecule has 6 nitrogen and oxygen atoms in total. The second kappa shape index (κ2) is 13.0. The van der Waals surface area contributed by atoms with Crippen molar-refractivity contribution in [1.29, 1.82) is 0 Å². The zero-order chi connectivity index (χ0) is 29.1. The molecule has 1 saturated carbocycles. The molecular formula is C34H31BrIN3O3. The minimum atomic E-state index is -0.159. The number of hydrogen-bond acceptors (Lipinski definition) is 5. The first-order valence-electron chi connectivity index (χ1n) is 14.3. The fourth-order valence-electron chi connectivity index (χ4n) is 5.66. The van der Waals surface area contributed by atoms with Crippen LogP contribution in [-0.4, -0.2) is 22.5 Å². The van der Waals surface area contributed by atoms with Crippen molar-refractivity contribution in [3.8, 4) is 11.5 Å². The third-order valence-corrected chi connectivity index (χ3v) is 9.00. The molecule has 1 aromatic heterocycles. The molecule has 0 N–H and O–H groups in total. The summed E-state index contributed by atoms with van der Waals surface area (Å²) in [5.74, 6) is 2.28. The maximum absolute atomic E-state index is 13.7. The molecule has 0 radical (unpaired) electrons. The zero-order valence-corrected chi connectivity index (χ0v) is 27.1. The summed E-state index contributed by atoms with van der Waals surface area (Å²) in [7, 11) is 0. The second-order valence-electron chi connectivity index (χ2n) is 10.5. The molecule has 1 fully saturated rings. The summed E-state index contributed by atoms with van der Waals surface area (Å²) in [4.78, 5) is 18.7. The van der Waals surface area contributed by atoms with Crippen molar-refractivity contribution in [2.75, 3.05) is 6.61 Å². The summed E-state index contributed by atoms with van der Waals surface area (Å²) in [6, 6.07) is 24.1. The van der Waals surface area contributed by atoms with Crippen molar-refractivity contribution in [2.24, 2.45) is 5.10 Å². The topological polar surface area (TPSA) is 65.7 Å². The van der Waals surface area contributed by atoms with Gasteiger partial charge in [-0.1, -0.05) is 77.7 Å². The maximum atomic E-state index is 13.7. The number of rotatable bonds is 8. The quantitative estimate of drug-likeness (QED) is 0.118. The summed E-state index contributed by atoms with van der Waals surface area (Å²) in [6.07, 6.45) is 7.24. The van der Waals surface area contributed by atoms with E-state index in [4.69, 9.17) is 19.6 Å². The predicted molar refractivity (Wildman–Crippen MR) is 181 cm³/mol. The van der Waals surface area contributed by atoms with Gasteiger partial charge in [0.15, 0.2) is 11.5 Å². The van der Waals surface area contributed by atoms with E-state index in [0.29, 0.717) is 35.6 Å². The molecule has 1 heterocycles. The Morgan fingerprint density at radius 1 is 1.00 bits per heavy atom. The lowest BCUT2D eigenvalue weighted by Crippen LogP contribution is -2.25. The normalized spacial score (nSPS) is 14.2. The fourth-order valence-corrected chi connectivity index (χ4v) is 6.80. The molecule has 6 rings (SSSR count). The van der Waals surface area contributed by atoms with Crippen LogP contribution in [0.25, 0.3) is 21.7 Å². The number of ether oxygens (including phenoxy) is 2. The first-order valence-corrected chi connectivity index (χ1v) is 16.2. The number of fused-ring (bicyclic) bond motifs is 2. The van der Waals surface area contributed by atoms with E-state index in [-0.39, 0.29) is 11.5 Å². The molecule has 0 amide bonds. The van der Waals surface area contributed by atoms with Gasteiger partial charge in [0.05, 0.1) is 27.3 Å². The highest BCUT2D eigenvalue weighted by Gasteiger charge is 2.23. The van der Waals surface area contributed by atoms with Gasteiger partial charge in [-0.05, 0) is 94.6 Å². The van der Waals surface area contributed by atoms with Crippen molar-refractivity contribution in [1.82, 2.24) is 9.66 Å². The standard InChI is InChI=1S/C34H31BrIN3O3/c1-2-41-31-18-22(17-29(36)32(31)42-21-25-13-8-12-23-9-6-7-14-27(23)25)20-37-39-33(24-10-4-3-5-11-24)38-30-16-15-26(35)19-28(30)34(39)40/h6-9,12-20,24H,2-5,10-11,21H2,1H3. The van der Waals surface area contributed by atoms with E-state index in [1.807, 2.05) is 49.4 Å². The van der Waals surface area contributed by atoms with Crippen molar-refractivity contribution >= 4 is 66.4 Å². The smallest absolute Gasteiger partial charge is 0.282 e. The van der Waals surface area contributed by atoms with Crippen LogP contribution < -0.4 is 15.0 Å². The number of benzene rings is 4. The average Bonchev–Trinajstić information content (AvgIpc) is 3.01. The van der Waals surface area contributed by atoms with Gasteiger partial charge in [-0.2, -0.15) is 9.78 Å². The SMILES string of the molecule is CCOc1cc(C=Nn2c(C3CCCCC3)nc3ccc(Br)cc3c2=O)cc(I)c1OCc1cccc2ccccc12. The maximum Gasteiger partial charge on any atom is 0.282 e. The molecule has 0 bridgehead atoms. The Morgan fingerprint density at radius 3 is 2.64 bits per heavy atom. The molecule has 8 heteroatoms. The first-order chi connectivity index (χ1) is 20.5. The Morgan fingerprint density at radius 2 is 1.81 bits per heavy atom. The first kappa shape index (κ1) is 28.9. The minimum Gasteiger partial charge on any atom is -0.490 e. The van der Waals surface area contributed by atoms with Crippen LogP contribution in [0, 0.1) is 3.57 Å². The van der Waals surface area contributed by atoms with Gasteiger partial charge >= 0.3 is 0 Å². The number of halogens is 2. The summed E-state index contributed by atoms with van der Waals surface area (Å²) in [6.45, 7) is 2.87. The van der Waals surface area contributed by atoms with Crippen molar-refractivity contribution in [2.45, 2.75) is 51.6 Å². The third kappa shape index (κ3) is 6.10. The van der Waals surface area contributed by atoms with Gasteiger partial charge in [0.1, 0.15) is 12.4 Å². The van der Waals surface area contributed by atoms with Gasteiger partial charge in [-0.25, -0.2) is 4.98 Å².